The van der Waals surface area contributed by atoms with E-state index in [4.69, 9.17) is 20.5 Å². The van der Waals surface area contributed by atoms with Gasteiger partial charge in [-0.3, -0.25) is 14.5 Å². The fourth-order valence-electron chi connectivity index (χ4n) is 3.16. The van der Waals surface area contributed by atoms with Gasteiger partial charge in [0.1, 0.15) is 4.90 Å². The van der Waals surface area contributed by atoms with E-state index in [0.29, 0.717) is 10.6 Å². The van der Waals surface area contributed by atoms with Crippen molar-refractivity contribution in [1.29, 1.82) is 0 Å². The second-order valence-corrected chi connectivity index (χ2v) is 10.1. The molecule has 3 aromatic rings. The summed E-state index contributed by atoms with van der Waals surface area (Å²) in [5, 5.41) is 0.183. The van der Waals surface area contributed by atoms with Crippen molar-refractivity contribution in [2.45, 2.75) is 11.4 Å². The summed E-state index contributed by atoms with van der Waals surface area (Å²) in [5.41, 5.74) is 1.31. The van der Waals surface area contributed by atoms with E-state index in [0.717, 1.165) is 22.2 Å². The van der Waals surface area contributed by atoms with Crippen LogP contribution in [-0.2, 0) is 21.5 Å². The molecule has 10 heteroatoms. The Morgan fingerprint density at radius 2 is 1.68 bits per heavy atom. The van der Waals surface area contributed by atoms with Crippen LogP contribution in [0.3, 0.4) is 0 Å². The maximum Gasteiger partial charge on any atom is 0.339 e. The Balaban J connectivity index is 1.54. The van der Waals surface area contributed by atoms with E-state index in [2.05, 4.69) is 0 Å². The number of hydrogen-bond acceptors (Lipinski definition) is 7. The number of carbonyl (C=O) groups excluding carboxylic acids is 2. The van der Waals surface area contributed by atoms with Gasteiger partial charge in [0.25, 0.3) is 11.1 Å². The fourth-order valence-corrected chi connectivity index (χ4v) is 5.08. The molecule has 0 aliphatic carbocycles. The molecule has 34 heavy (non-hydrogen) atoms. The van der Waals surface area contributed by atoms with Crippen LogP contribution in [0.4, 0.5) is 4.79 Å². The number of halogens is 1. The maximum absolute atomic E-state index is 12.8. The first-order valence-corrected chi connectivity index (χ1v) is 12.5. The van der Waals surface area contributed by atoms with E-state index in [-0.39, 0.29) is 33.1 Å². The van der Waals surface area contributed by atoms with Crippen LogP contribution < -0.4 is 8.92 Å². The van der Waals surface area contributed by atoms with E-state index < -0.39 is 16.0 Å². The predicted molar refractivity (Wildman–Crippen MR) is 130 cm³/mol. The minimum atomic E-state index is -4.05. The molecule has 1 saturated heterocycles. The Morgan fingerprint density at radius 3 is 2.35 bits per heavy atom. The molecule has 1 aliphatic rings. The number of imide groups is 1. The minimum Gasteiger partial charge on any atom is -0.493 e. The number of methoxy groups -OCH3 is 1. The first kappa shape index (κ1) is 23.9. The second-order valence-electron chi connectivity index (χ2n) is 7.16. The number of nitrogens with zero attached hydrogens (tertiary/aromatic N) is 1. The van der Waals surface area contributed by atoms with Gasteiger partial charge in [0.05, 0.1) is 18.6 Å². The zero-order chi connectivity index (χ0) is 24.3. The molecule has 3 aromatic carbocycles. The average molecular weight is 516 g/mol. The molecule has 0 aromatic heterocycles. The monoisotopic (exact) mass is 515 g/mol. The van der Waals surface area contributed by atoms with Crippen molar-refractivity contribution in [3.63, 3.8) is 0 Å². The van der Waals surface area contributed by atoms with Crippen LogP contribution in [0.15, 0.2) is 82.6 Å². The molecule has 0 unspecified atom stereocenters. The SMILES string of the molecule is COc1cc(/C=C2\SC(=O)N(Cc3ccc(Cl)cc3)C2=O)ccc1OS(=O)(=O)c1ccccc1. The molecule has 174 valence electrons. The summed E-state index contributed by atoms with van der Waals surface area (Å²) in [6, 6.07) is 19.2. The molecule has 2 amide bonds. The van der Waals surface area contributed by atoms with Gasteiger partial charge in [-0.25, -0.2) is 0 Å². The van der Waals surface area contributed by atoms with E-state index in [1.165, 1.54) is 31.4 Å². The lowest BCUT2D eigenvalue weighted by atomic mass is 10.1. The molecule has 0 bridgehead atoms. The highest BCUT2D eigenvalue weighted by atomic mass is 35.5. The largest absolute Gasteiger partial charge is 0.493 e. The number of benzene rings is 3. The van der Waals surface area contributed by atoms with E-state index >= 15 is 0 Å². The normalized spacial score (nSPS) is 15.1. The van der Waals surface area contributed by atoms with Crippen LogP contribution in [0.1, 0.15) is 11.1 Å². The molecule has 0 radical (unpaired) electrons. The Hall–Kier alpha value is -3.27. The van der Waals surface area contributed by atoms with Gasteiger partial charge in [0.2, 0.25) is 0 Å². The maximum atomic E-state index is 12.8. The van der Waals surface area contributed by atoms with Gasteiger partial charge in [-0.1, -0.05) is 48.0 Å². The van der Waals surface area contributed by atoms with Crippen molar-refractivity contribution < 1.29 is 26.9 Å². The zero-order valence-corrected chi connectivity index (χ0v) is 20.2. The fraction of sp³-hybridized carbons (Fsp3) is 0.0833. The van der Waals surface area contributed by atoms with Gasteiger partial charge in [-0.05, 0) is 65.4 Å². The van der Waals surface area contributed by atoms with Crippen LogP contribution in [0, 0.1) is 0 Å². The summed E-state index contributed by atoms with van der Waals surface area (Å²) in [4.78, 5) is 26.6. The van der Waals surface area contributed by atoms with E-state index in [1.807, 2.05) is 0 Å². The zero-order valence-electron chi connectivity index (χ0n) is 17.8. The number of hydrogen-bond donors (Lipinski definition) is 0. The molecule has 7 nitrogen and oxygen atoms in total. The Morgan fingerprint density at radius 1 is 0.971 bits per heavy atom. The molecule has 0 N–H and O–H groups in total. The second kappa shape index (κ2) is 9.92. The summed E-state index contributed by atoms with van der Waals surface area (Å²) in [5.74, 6) is -0.260. The van der Waals surface area contributed by atoms with Crippen molar-refractivity contribution in [3.8, 4) is 11.5 Å². The van der Waals surface area contributed by atoms with Gasteiger partial charge in [0, 0.05) is 5.02 Å². The van der Waals surface area contributed by atoms with Crippen LogP contribution in [-0.4, -0.2) is 31.6 Å². The summed E-state index contributed by atoms with van der Waals surface area (Å²) in [6.07, 6.45) is 1.55. The van der Waals surface area contributed by atoms with Crippen LogP contribution in [0.25, 0.3) is 6.08 Å². The van der Waals surface area contributed by atoms with Gasteiger partial charge >= 0.3 is 10.1 Å². The molecule has 4 rings (SSSR count). The summed E-state index contributed by atoms with van der Waals surface area (Å²) >= 11 is 6.72. The molecule has 0 spiro atoms. The Labute approximate surface area is 206 Å². The molecular formula is C24H18ClNO6S2. The lowest BCUT2D eigenvalue weighted by Crippen LogP contribution is -2.27. The van der Waals surface area contributed by atoms with E-state index in [1.54, 1.807) is 54.6 Å². The summed E-state index contributed by atoms with van der Waals surface area (Å²) in [7, 11) is -2.67. The van der Waals surface area contributed by atoms with Crippen molar-refractivity contribution in [1.82, 2.24) is 4.90 Å². The first-order chi connectivity index (χ1) is 16.3. The number of amides is 2. The molecule has 1 fully saturated rings. The molecule has 1 aliphatic heterocycles. The minimum absolute atomic E-state index is 0.000606. The lowest BCUT2D eigenvalue weighted by molar-refractivity contribution is -0.123. The standard InChI is InChI=1S/C24H18ClNO6S2/c1-31-21-13-17(9-12-20(21)32-34(29,30)19-5-3-2-4-6-19)14-22-23(27)26(24(28)33-22)15-16-7-10-18(25)11-8-16/h2-14H,15H2,1H3/b22-14-. The topological polar surface area (TPSA) is 90.0 Å². The number of ether oxygens (including phenoxy) is 1. The van der Waals surface area contributed by atoms with Crippen molar-refractivity contribution >= 4 is 50.7 Å². The third-order valence-electron chi connectivity index (χ3n) is 4.84. The Kier molecular flexibility index (Phi) is 6.97. The average Bonchev–Trinajstić information content (AvgIpc) is 3.09. The van der Waals surface area contributed by atoms with Gasteiger partial charge in [-0.2, -0.15) is 8.42 Å². The third-order valence-corrected chi connectivity index (χ3v) is 7.25. The smallest absolute Gasteiger partial charge is 0.339 e. The number of rotatable bonds is 7. The lowest BCUT2D eigenvalue weighted by Gasteiger charge is -2.12. The number of thioether (sulfide) groups is 1. The van der Waals surface area contributed by atoms with Gasteiger partial charge in [0.15, 0.2) is 11.5 Å². The van der Waals surface area contributed by atoms with Gasteiger partial charge in [-0.15, -0.1) is 0 Å². The summed E-state index contributed by atoms with van der Waals surface area (Å²) < 4.78 is 35.6. The van der Waals surface area contributed by atoms with Crippen LogP contribution in [0.5, 0.6) is 11.5 Å². The van der Waals surface area contributed by atoms with Crippen molar-refractivity contribution in [2.75, 3.05) is 7.11 Å². The molecule has 0 atom stereocenters. The first-order valence-electron chi connectivity index (χ1n) is 9.94. The highest BCUT2D eigenvalue weighted by molar-refractivity contribution is 8.18. The Bertz CT molecular complexity index is 1370. The van der Waals surface area contributed by atoms with Crippen LogP contribution >= 0.6 is 23.4 Å². The van der Waals surface area contributed by atoms with Crippen molar-refractivity contribution in [3.05, 3.63) is 93.9 Å². The third kappa shape index (κ3) is 5.27. The quantitative estimate of drug-likeness (QED) is 0.309. The highest BCUT2D eigenvalue weighted by Crippen LogP contribution is 2.36. The predicted octanol–water partition coefficient (Wildman–Crippen LogP) is 5.35. The van der Waals surface area contributed by atoms with Gasteiger partial charge < -0.3 is 8.92 Å². The van der Waals surface area contributed by atoms with Crippen molar-refractivity contribution in [2.24, 2.45) is 0 Å². The van der Waals surface area contributed by atoms with E-state index in [9.17, 15) is 18.0 Å². The molecule has 0 saturated carbocycles. The van der Waals surface area contributed by atoms with Crippen LogP contribution in [0.2, 0.25) is 5.02 Å². The molecule has 1 heterocycles. The summed E-state index contributed by atoms with van der Waals surface area (Å²) in [6.45, 7) is 0.132. The number of carbonyl (C=O) groups is 2. The highest BCUT2D eigenvalue weighted by Gasteiger charge is 2.35. The molecular weight excluding hydrogens is 498 g/mol.